The normalized spacial score (nSPS) is 20.4. The molecule has 5 rings (SSSR count). The number of rotatable bonds is 4. The molecule has 0 radical (unpaired) electrons. The fraction of sp³-hybridized carbons (Fsp3) is 0.273. The average molecular weight is 394 g/mol. The van der Waals surface area contributed by atoms with Crippen molar-refractivity contribution in [3.05, 3.63) is 49.1 Å². The molecule has 1 fully saturated rings. The molecule has 8 nitrogen and oxygen atoms in total. The van der Waals surface area contributed by atoms with Gasteiger partial charge in [-0.1, -0.05) is 6.07 Å². The summed E-state index contributed by atoms with van der Waals surface area (Å²) in [5.41, 5.74) is 4.01. The Labute approximate surface area is 173 Å². The lowest BCUT2D eigenvalue weighted by Gasteiger charge is -2.42. The van der Waals surface area contributed by atoms with Gasteiger partial charge in [-0.15, -0.1) is 0 Å². The highest BCUT2D eigenvalue weighted by Gasteiger charge is 2.48. The van der Waals surface area contributed by atoms with Gasteiger partial charge < -0.3 is 0 Å². The first-order valence-electron chi connectivity index (χ1n) is 9.69. The van der Waals surface area contributed by atoms with Gasteiger partial charge in [0.1, 0.15) is 5.69 Å². The lowest BCUT2D eigenvalue weighted by Crippen LogP contribution is -2.47. The van der Waals surface area contributed by atoms with E-state index >= 15 is 0 Å². The molecule has 0 saturated heterocycles. The van der Waals surface area contributed by atoms with Gasteiger partial charge in [0.15, 0.2) is 0 Å². The molecule has 0 N–H and O–H groups in total. The molecular weight excluding hydrogens is 376 g/mol. The van der Waals surface area contributed by atoms with Gasteiger partial charge >= 0.3 is 0 Å². The van der Waals surface area contributed by atoms with Crippen LogP contribution in [0.15, 0.2) is 49.1 Å². The van der Waals surface area contributed by atoms with Crippen molar-refractivity contribution in [2.24, 2.45) is 13.0 Å². The summed E-state index contributed by atoms with van der Waals surface area (Å²) >= 11 is 0. The number of nitrogens with zero attached hydrogens (tertiary/aromatic N) is 8. The van der Waals surface area contributed by atoms with Gasteiger partial charge in [0, 0.05) is 36.0 Å². The topological polar surface area (TPSA) is 109 Å². The molecule has 30 heavy (non-hydrogen) atoms. The quantitative estimate of drug-likeness (QED) is 0.524. The van der Waals surface area contributed by atoms with Crippen molar-refractivity contribution < 1.29 is 0 Å². The van der Waals surface area contributed by atoms with E-state index in [0.717, 1.165) is 33.3 Å². The van der Waals surface area contributed by atoms with Gasteiger partial charge in [-0.05, 0) is 36.6 Å². The Bertz CT molecular complexity index is 1330. The summed E-state index contributed by atoms with van der Waals surface area (Å²) in [5, 5.41) is 33.0. The average Bonchev–Trinajstić information content (AvgIpc) is 3.39. The van der Waals surface area contributed by atoms with Crippen LogP contribution >= 0.6 is 0 Å². The third-order valence-electron chi connectivity index (χ3n) is 5.79. The summed E-state index contributed by atoms with van der Waals surface area (Å²) in [7, 11) is 1.89. The second-order valence-electron chi connectivity index (χ2n) is 7.81. The number of aryl methyl sites for hydroxylation is 1. The largest absolute Gasteiger partial charge is 0.275 e. The predicted octanol–water partition coefficient (Wildman–Crippen LogP) is 3.44. The maximum Gasteiger partial charge on any atom is 0.113 e. The van der Waals surface area contributed by atoms with Crippen molar-refractivity contribution in [2.75, 3.05) is 0 Å². The Morgan fingerprint density at radius 3 is 2.77 bits per heavy atom. The highest BCUT2D eigenvalue weighted by Crippen LogP contribution is 2.45. The molecule has 0 atom stereocenters. The maximum atomic E-state index is 9.30. The van der Waals surface area contributed by atoms with E-state index in [-0.39, 0.29) is 12.3 Å². The fourth-order valence-corrected chi connectivity index (χ4v) is 4.22. The number of aromatic nitrogens is 6. The number of pyridine rings is 1. The second kappa shape index (κ2) is 6.78. The molecule has 0 aliphatic heterocycles. The first kappa shape index (κ1) is 18.0. The van der Waals surface area contributed by atoms with E-state index in [2.05, 4.69) is 33.4 Å². The van der Waals surface area contributed by atoms with Crippen molar-refractivity contribution >= 4 is 10.9 Å². The molecular formula is C22H18N8. The zero-order chi connectivity index (χ0) is 20.7. The molecule has 1 saturated carbocycles. The van der Waals surface area contributed by atoms with Gasteiger partial charge in [-0.25, -0.2) is 0 Å². The van der Waals surface area contributed by atoms with Crippen LogP contribution in [0.1, 0.15) is 19.3 Å². The van der Waals surface area contributed by atoms with Crippen LogP contribution in [0.4, 0.5) is 0 Å². The third kappa shape index (κ3) is 2.82. The Hall–Kier alpha value is -4.04. The lowest BCUT2D eigenvalue weighted by atomic mass is 9.68. The maximum absolute atomic E-state index is 9.30. The molecule has 0 spiro atoms. The van der Waals surface area contributed by atoms with Gasteiger partial charge in [-0.3, -0.25) is 9.67 Å². The molecule has 1 aliphatic rings. The van der Waals surface area contributed by atoms with E-state index in [1.165, 1.54) is 0 Å². The molecule has 1 aromatic carbocycles. The molecule has 4 aromatic rings. The first-order valence-corrected chi connectivity index (χ1v) is 9.69. The van der Waals surface area contributed by atoms with Crippen LogP contribution in [0.3, 0.4) is 0 Å². The molecule has 1 aliphatic carbocycles. The monoisotopic (exact) mass is 394 g/mol. The Morgan fingerprint density at radius 1 is 1.17 bits per heavy atom. The minimum atomic E-state index is -0.498. The number of fused-ring (bicyclic) bond motifs is 1. The molecule has 0 unspecified atom stereocenters. The highest BCUT2D eigenvalue weighted by molar-refractivity contribution is 5.97. The van der Waals surface area contributed by atoms with Crippen LogP contribution in [0.5, 0.6) is 0 Å². The summed E-state index contributed by atoms with van der Waals surface area (Å²) in [5.74, 6) is -0.0493. The van der Waals surface area contributed by atoms with Crippen LogP contribution in [0, 0.1) is 28.6 Å². The minimum absolute atomic E-state index is 0.0493. The van der Waals surface area contributed by atoms with Crippen LogP contribution in [0.25, 0.3) is 33.3 Å². The SMILES string of the molecule is Cn1cc(-c2cc(-c3cnn(C4(CC#N)CC(C#N)C4)n3)c3cccnc3c2)cn1. The highest BCUT2D eigenvalue weighted by atomic mass is 15.5. The van der Waals surface area contributed by atoms with Crippen molar-refractivity contribution in [2.45, 2.75) is 24.8 Å². The first-order chi connectivity index (χ1) is 14.6. The van der Waals surface area contributed by atoms with Crippen LogP contribution in [-0.2, 0) is 12.6 Å². The van der Waals surface area contributed by atoms with Gasteiger partial charge in [0.05, 0.1) is 47.9 Å². The standard InChI is InChI=1S/C22H18N8/c1-29-14-17(12-26-29)16-7-19(18-3-2-6-25-20(18)8-16)21-13-27-30(28-21)22(4-5-23)9-15(10-22)11-24/h2-3,6-8,12-15H,4,9-10H2,1H3. The zero-order valence-electron chi connectivity index (χ0n) is 16.4. The molecule has 8 heteroatoms. The molecule has 3 aromatic heterocycles. The summed E-state index contributed by atoms with van der Waals surface area (Å²) in [6.45, 7) is 0. The van der Waals surface area contributed by atoms with E-state index in [4.69, 9.17) is 5.10 Å². The van der Waals surface area contributed by atoms with Crippen LogP contribution in [-0.4, -0.2) is 29.8 Å². The van der Waals surface area contributed by atoms with E-state index < -0.39 is 5.54 Å². The van der Waals surface area contributed by atoms with E-state index in [9.17, 15) is 10.5 Å². The Kier molecular flexibility index (Phi) is 4.07. The molecule has 0 bridgehead atoms. The summed E-state index contributed by atoms with van der Waals surface area (Å²) < 4.78 is 1.77. The Balaban J connectivity index is 1.62. The van der Waals surface area contributed by atoms with Crippen molar-refractivity contribution in [3.8, 4) is 34.5 Å². The van der Waals surface area contributed by atoms with Gasteiger partial charge in [0.2, 0.25) is 0 Å². The van der Waals surface area contributed by atoms with Crippen LogP contribution < -0.4 is 0 Å². The molecule has 3 heterocycles. The zero-order valence-corrected chi connectivity index (χ0v) is 16.4. The number of nitriles is 2. The van der Waals surface area contributed by atoms with Crippen LogP contribution in [0.2, 0.25) is 0 Å². The third-order valence-corrected chi connectivity index (χ3v) is 5.79. The second-order valence-corrected chi connectivity index (χ2v) is 7.81. The molecule has 0 amide bonds. The van der Waals surface area contributed by atoms with Gasteiger partial charge in [-0.2, -0.15) is 30.6 Å². The smallest absolute Gasteiger partial charge is 0.113 e. The Morgan fingerprint density at radius 2 is 2.03 bits per heavy atom. The lowest BCUT2D eigenvalue weighted by molar-refractivity contribution is 0.0713. The fourth-order valence-electron chi connectivity index (χ4n) is 4.22. The van der Waals surface area contributed by atoms with E-state index in [1.54, 1.807) is 21.9 Å². The molecule has 146 valence electrons. The minimum Gasteiger partial charge on any atom is -0.275 e. The van der Waals surface area contributed by atoms with Crippen molar-refractivity contribution in [1.82, 2.24) is 29.8 Å². The van der Waals surface area contributed by atoms with E-state index in [1.807, 2.05) is 37.6 Å². The number of benzene rings is 1. The summed E-state index contributed by atoms with van der Waals surface area (Å²) in [4.78, 5) is 6.17. The summed E-state index contributed by atoms with van der Waals surface area (Å²) in [6, 6.07) is 12.6. The summed E-state index contributed by atoms with van der Waals surface area (Å²) in [6.07, 6.45) is 8.78. The predicted molar refractivity (Wildman–Crippen MR) is 110 cm³/mol. The van der Waals surface area contributed by atoms with Crippen molar-refractivity contribution in [3.63, 3.8) is 0 Å². The van der Waals surface area contributed by atoms with Gasteiger partial charge in [0.25, 0.3) is 0 Å². The van der Waals surface area contributed by atoms with Crippen molar-refractivity contribution in [1.29, 1.82) is 10.5 Å². The van der Waals surface area contributed by atoms with E-state index in [0.29, 0.717) is 12.8 Å². The number of hydrogen-bond acceptors (Lipinski definition) is 6. The number of hydrogen-bond donors (Lipinski definition) is 0.